The van der Waals surface area contributed by atoms with E-state index in [0.29, 0.717) is 11.8 Å². The van der Waals surface area contributed by atoms with Crippen molar-refractivity contribution in [1.82, 2.24) is 4.98 Å². The normalized spacial score (nSPS) is 26.0. The second-order valence-corrected chi connectivity index (χ2v) is 14.1. The van der Waals surface area contributed by atoms with Gasteiger partial charge >= 0.3 is 0 Å². The maximum absolute atomic E-state index is 12.1. The van der Waals surface area contributed by atoms with Crippen molar-refractivity contribution in [2.45, 2.75) is 83.9 Å². The van der Waals surface area contributed by atoms with Crippen LogP contribution in [-0.2, 0) is 17.4 Å². The van der Waals surface area contributed by atoms with Crippen molar-refractivity contribution >= 4 is 10.9 Å². The van der Waals surface area contributed by atoms with Gasteiger partial charge in [0.1, 0.15) is 24.4 Å². The lowest BCUT2D eigenvalue weighted by Crippen LogP contribution is -2.67. The number of methoxy groups -OCH3 is 1. The quantitative estimate of drug-likeness (QED) is 0.267. The van der Waals surface area contributed by atoms with Gasteiger partial charge in [-0.2, -0.15) is 0 Å². The summed E-state index contributed by atoms with van der Waals surface area (Å²) in [6, 6.07) is 15.1. The van der Waals surface area contributed by atoms with Gasteiger partial charge < -0.3 is 14.3 Å². The molecule has 0 aliphatic carbocycles. The van der Waals surface area contributed by atoms with Gasteiger partial charge in [-0.25, -0.2) is 0 Å². The number of para-hydroxylation sites is 1. The van der Waals surface area contributed by atoms with Gasteiger partial charge in [-0.05, 0) is 46.6 Å². The second-order valence-electron chi connectivity index (χ2n) is 14.1. The molecule has 39 heavy (non-hydrogen) atoms. The van der Waals surface area contributed by atoms with E-state index in [9.17, 15) is 5.11 Å². The van der Waals surface area contributed by atoms with Crippen LogP contribution in [-0.4, -0.2) is 40.8 Å². The summed E-state index contributed by atoms with van der Waals surface area (Å²) in [6.07, 6.45) is 5.68. The number of ether oxygens (including phenoxy) is 1. The Bertz CT molecular complexity index is 1320. The molecule has 4 nitrogen and oxygen atoms in total. The van der Waals surface area contributed by atoms with E-state index in [-0.39, 0.29) is 16.9 Å². The molecule has 3 saturated heterocycles. The van der Waals surface area contributed by atoms with Gasteiger partial charge in [0.25, 0.3) is 0 Å². The summed E-state index contributed by atoms with van der Waals surface area (Å²) in [5.41, 5.74) is 5.71. The number of piperidine rings is 3. The molecule has 0 amide bonds. The molecule has 0 radical (unpaired) electrons. The molecule has 0 saturated carbocycles. The maximum Gasteiger partial charge on any atom is 0.131 e. The zero-order valence-corrected chi connectivity index (χ0v) is 25.0. The molecular weight excluding hydrogens is 480 g/mol. The first kappa shape index (κ1) is 27.9. The molecule has 1 aromatic heterocycles. The lowest BCUT2D eigenvalue weighted by molar-refractivity contribution is -0.984. The SMILES string of the molecule is C=C[C@H]1C[N@+]2(Cc3cc(C(C)(C)C)c(OC)c(C(C)(C)C)c3)CC[C@H]1C[C@H]2[C@H](O)c1ccnc2ccccc12. The van der Waals surface area contributed by atoms with E-state index in [1.165, 1.54) is 23.1 Å². The summed E-state index contributed by atoms with van der Waals surface area (Å²) in [5, 5.41) is 13.2. The van der Waals surface area contributed by atoms with Crippen molar-refractivity contribution in [2.75, 3.05) is 20.2 Å². The third kappa shape index (κ3) is 5.02. The van der Waals surface area contributed by atoms with Crippen molar-refractivity contribution < 1.29 is 14.3 Å². The average molecular weight is 528 g/mol. The highest BCUT2D eigenvalue weighted by Crippen LogP contribution is 2.49. The monoisotopic (exact) mass is 527 g/mol. The maximum atomic E-state index is 12.1. The molecule has 2 bridgehead atoms. The van der Waals surface area contributed by atoms with Gasteiger partial charge in [0.05, 0.1) is 25.7 Å². The molecule has 0 unspecified atom stereocenters. The van der Waals surface area contributed by atoms with Crippen molar-refractivity contribution in [2.24, 2.45) is 11.8 Å². The predicted molar refractivity (Wildman–Crippen MR) is 161 cm³/mol. The molecule has 1 N–H and O–H groups in total. The van der Waals surface area contributed by atoms with Crippen molar-refractivity contribution in [3.05, 3.63) is 83.6 Å². The van der Waals surface area contributed by atoms with Crippen LogP contribution in [0, 0.1) is 11.8 Å². The van der Waals surface area contributed by atoms with Gasteiger partial charge in [-0.3, -0.25) is 4.98 Å². The Morgan fingerprint density at radius 3 is 2.36 bits per heavy atom. The Balaban J connectivity index is 1.62. The number of fused-ring (bicyclic) bond motifs is 4. The number of aliphatic hydroxyl groups is 1. The van der Waals surface area contributed by atoms with Gasteiger partial charge in [0.15, 0.2) is 0 Å². The largest absolute Gasteiger partial charge is 0.496 e. The lowest BCUT2D eigenvalue weighted by atomic mass is 9.70. The lowest BCUT2D eigenvalue weighted by Gasteiger charge is -2.58. The number of rotatable bonds is 6. The molecule has 2 aromatic carbocycles. The third-order valence-electron chi connectivity index (χ3n) is 9.51. The number of aliphatic hydroxyl groups excluding tert-OH is 1. The predicted octanol–water partition coefficient (Wildman–Crippen LogP) is 7.48. The fraction of sp³-hybridized carbons (Fsp3) is 0.514. The summed E-state index contributed by atoms with van der Waals surface area (Å²) >= 11 is 0. The molecule has 6 rings (SSSR count). The summed E-state index contributed by atoms with van der Waals surface area (Å²) in [4.78, 5) is 4.57. The molecule has 208 valence electrons. The first-order valence-corrected chi connectivity index (χ1v) is 14.6. The highest BCUT2D eigenvalue weighted by Gasteiger charge is 2.54. The molecule has 4 heterocycles. The van der Waals surface area contributed by atoms with Crippen LogP contribution >= 0.6 is 0 Å². The first-order valence-electron chi connectivity index (χ1n) is 14.6. The minimum absolute atomic E-state index is 0.0469. The zero-order valence-electron chi connectivity index (χ0n) is 25.0. The molecule has 0 spiro atoms. The minimum Gasteiger partial charge on any atom is -0.496 e. The van der Waals surface area contributed by atoms with E-state index < -0.39 is 6.10 Å². The van der Waals surface area contributed by atoms with Crippen LogP contribution in [0.3, 0.4) is 0 Å². The fourth-order valence-electron chi connectivity index (χ4n) is 7.44. The van der Waals surface area contributed by atoms with Crippen LogP contribution in [0.5, 0.6) is 5.75 Å². The summed E-state index contributed by atoms with van der Waals surface area (Å²) in [6.45, 7) is 20.9. The molecule has 3 aromatic rings. The van der Waals surface area contributed by atoms with Crippen LogP contribution in [0.1, 0.15) is 82.7 Å². The standard InChI is InChI=1S/C35H47N2O2/c1-9-24-22-37(21-23-18-28(34(2,3)4)33(39-8)29(19-23)35(5,6)7)17-15-25(24)20-31(37)32(38)27-14-16-36-30-13-11-10-12-26(27)30/h9-14,16,18-19,24-25,31-32,38H,1,15,17,20-22H2,2-8H3/q+1/t24-,25-,31-,32+,37+/m0/s1. The number of benzene rings is 2. The average Bonchev–Trinajstić information content (AvgIpc) is 2.90. The Labute approximate surface area is 235 Å². The van der Waals surface area contributed by atoms with Gasteiger partial charge in [-0.15, -0.1) is 6.58 Å². The van der Waals surface area contributed by atoms with E-state index in [0.717, 1.165) is 52.8 Å². The van der Waals surface area contributed by atoms with Crippen LogP contribution in [0.25, 0.3) is 10.9 Å². The fourth-order valence-corrected chi connectivity index (χ4v) is 7.44. The summed E-state index contributed by atoms with van der Waals surface area (Å²) in [5.74, 6) is 2.08. The van der Waals surface area contributed by atoms with Crippen molar-refractivity contribution in [3.8, 4) is 5.75 Å². The van der Waals surface area contributed by atoms with E-state index in [1.807, 2.05) is 30.5 Å². The van der Waals surface area contributed by atoms with Crippen molar-refractivity contribution in [1.29, 1.82) is 0 Å². The van der Waals surface area contributed by atoms with Crippen LogP contribution in [0.15, 0.2) is 61.3 Å². The Hall–Kier alpha value is -2.69. The van der Waals surface area contributed by atoms with E-state index in [1.54, 1.807) is 7.11 Å². The summed E-state index contributed by atoms with van der Waals surface area (Å²) < 4.78 is 6.96. The molecular formula is C35H47N2O2+. The van der Waals surface area contributed by atoms with Crippen LogP contribution in [0.4, 0.5) is 0 Å². The highest BCUT2D eigenvalue weighted by molar-refractivity contribution is 5.82. The van der Waals surface area contributed by atoms with E-state index >= 15 is 0 Å². The van der Waals surface area contributed by atoms with E-state index in [2.05, 4.69) is 77.4 Å². The number of hydrogen-bond donors (Lipinski definition) is 1. The van der Waals surface area contributed by atoms with Gasteiger partial charge in [-0.1, -0.05) is 65.8 Å². The van der Waals surface area contributed by atoms with Gasteiger partial charge in [0.2, 0.25) is 0 Å². The Morgan fingerprint density at radius 2 is 1.74 bits per heavy atom. The number of hydrogen-bond acceptors (Lipinski definition) is 3. The zero-order chi connectivity index (χ0) is 28.2. The molecule has 5 atom stereocenters. The topological polar surface area (TPSA) is 42.4 Å². The van der Waals surface area contributed by atoms with Crippen molar-refractivity contribution in [3.63, 3.8) is 0 Å². The first-order chi connectivity index (χ1) is 18.4. The summed E-state index contributed by atoms with van der Waals surface area (Å²) in [7, 11) is 1.80. The minimum atomic E-state index is -0.547. The second kappa shape index (κ2) is 10.1. The number of quaternary nitrogens is 1. The number of pyridine rings is 1. The van der Waals surface area contributed by atoms with Crippen LogP contribution in [0.2, 0.25) is 0 Å². The molecule has 4 heteroatoms. The third-order valence-corrected chi connectivity index (χ3v) is 9.51. The van der Waals surface area contributed by atoms with E-state index in [4.69, 9.17) is 4.74 Å². The Kier molecular flexibility index (Phi) is 7.18. The highest BCUT2D eigenvalue weighted by atomic mass is 16.5. The Morgan fingerprint density at radius 1 is 1.08 bits per heavy atom. The molecule has 3 fully saturated rings. The number of nitrogens with zero attached hydrogens (tertiary/aromatic N) is 2. The number of aromatic nitrogens is 1. The van der Waals surface area contributed by atoms with Gasteiger partial charge in [0, 0.05) is 47.0 Å². The smallest absolute Gasteiger partial charge is 0.131 e. The van der Waals surface area contributed by atoms with Crippen LogP contribution < -0.4 is 4.74 Å². The molecule has 3 aliphatic rings. The molecule has 3 aliphatic heterocycles.